The van der Waals surface area contributed by atoms with Gasteiger partial charge in [0.1, 0.15) is 0 Å². The van der Waals surface area contributed by atoms with Gasteiger partial charge < -0.3 is 4.90 Å². The minimum atomic E-state index is -4.53. The first-order valence-electron chi connectivity index (χ1n) is 7.54. The zero-order valence-electron chi connectivity index (χ0n) is 14.4. The van der Waals surface area contributed by atoms with Crippen LogP contribution in [-0.2, 0) is 31.1 Å². The van der Waals surface area contributed by atoms with E-state index in [2.05, 4.69) is 26.1 Å². The highest BCUT2D eigenvalue weighted by Gasteiger charge is 2.37. The molecule has 2 aromatic heterocycles. The third-order valence-corrected chi connectivity index (χ3v) is 5.06. The van der Waals surface area contributed by atoms with Crippen molar-refractivity contribution in [2.24, 2.45) is 7.05 Å². The Kier molecular flexibility index (Phi) is 5.60. The molecular weight excluding hydrogens is 403 g/mol. The summed E-state index contributed by atoms with van der Waals surface area (Å²) in [6, 6.07) is 0. The summed E-state index contributed by atoms with van der Waals surface area (Å²) in [5.74, 6) is -0.178. The van der Waals surface area contributed by atoms with E-state index < -0.39 is 11.9 Å². The Morgan fingerprint density at radius 3 is 2.44 bits per heavy atom. The van der Waals surface area contributed by atoms with Gasteiger partial charge in [-0.2, -0.15) is 23.4 Å². The summed E-state index contributed by atoms with van der Waals surface area (Å²) in [7, 11) is 3.47. The number of rotatable bonds is 5. The molecular formula is C15H19BrF3N5O. The minimum absolute atomic E-state index is 0.0576. The van der Waals surface area contributed by atoms with Crippen LogP contribution in [0.25, 0.3) is 0 Å². The molecule has 0 radical (unpaired) electrons. The maximum Gasteiger partial charge on any atom is 0.436 e. The summed E-state index contributed by atoms with van der Waals surface area (Å²) < 4.78 is 41.4. The second kappa shape index (κ2) is 7.19. The molecule has 2 heterocycles. The Morgan fingerprint density at radius 1 is 1.32 bits per heavy atom. The first-order valence-corrected chi connectivity index (χ1v) is 8.33. The van der Waals surface area contributed by atoms with E-state index in [4.69, 9.17) is 0 Å². The zero-order valence-corrected chi connectivity index (χ0v) is 15.9. The number of aromatic nitrogens is 4. The normalized spacial score (nSPS) is 11.8. The first-order chi connectivity index (χ1) is 11.5. The Hall–Kier alpha value is -1.84. The molecule has 0 N–H and O–H groups in total. The van der Waals surface area contributed by atoms with Crippen molar-refractivity contribution in [3.63, 3.8) is 0 Å². The molecule has 0 aromatic carbocycles. The van der Waals surface area contributed by atoms with Crippen LogP contribution in [0.15, 0.2) is 10.7 Å². The molecule has 2 aromatic rings. The summed E-state index contributed by atoms with van der Waals surface area (Å²) in [6.07, 6.45) is -2.78. The Bertz CT molecular complexity index is 781. The molecule has 0 atom stereocenters. The van der Waals surface area contributed by atoms with E-state index in [1.165, 1.54) is 16.5 Å². The van der Waals surface area contributed by atoms with Crippen molar-refractivity contribution in [3.05, 3.63) is 33.3 Å². The number of nitrogens with zero attached hydrogens (tertiary/aromatic N) is 5. The summed E-state index contributed by atoms with van der Waals surface area (Å²) in [5, 5.41) is 7.70. The molecule has 0 fully saturated rings. The number of carbonyl (C=O) groups is 1. The Labute approximate surface area is 151 Å². The highest BCUT2D eigenvalue weighted by atomic mass is 79.9. The maximum atomic E-state index is 12.9. The van der Waals surface area contributed by atoms with Gasteiger partial charge >= 0.3 is 6.18 Å². The molecule has 0 aliphatic rings. The van der Waals surface area contributed by atoms with Crippen molar-refractivity contribution in [2.45, 2.75) is 39.5 Å². The number of hydrogen-bond donors (Lipinski definition) is 0. The second-order valence-corrected chi connectivity index (χ2v) is 6.64. The summed E-state index contributed by atoms with van der Waals surface area (Å²) in [5.41, 5.74) is 1.25. The highest BCUT2D eigenvalue weighted by Crippen LogP contribution is 2.35. The summed E-state index contributed by atoms with van der Waals surface area (Å²) in [4.78, 5) is 13.8. The van der Waals surface area contributed by atoms with Crippen LogP contribution >= 0.6 is 15.9 Å². The van der Waals surface area contributed by atoms with Crippen LogP contribution < -0.4 is 0 Å². The number of alkyl halides is 3. The average Bonchev–Trinajstić information content (AvgIpc) is 2.99. The monoisotopic (exact) mass is 421 g/mol. The van der Waals surface area contributed by atoms with Crippen LogP contribution in [0.3, 0.4) is 0 Å². The molecule has 25 heavy (non-hydrogen) atoms. The van der Waals surface area contributed by atoms with Crippen molar-refractivity contribution >= 4 is 21.8 Å². The molecule has 0 bridgehead atoms. The van der Waals surface area contributed by atoms with E-state index in [9.17, 15) is 18.0 Å². The minimum Gasteiger partial charge on any atom is -0.341 e. The summed E-state index contributed by atoms with van der Waals surface area (Å²) >= 11 is 2.92. The smallest absolute Gasteiger partial charge is 0.341 e. The van der Waals surface area contributed by atoms with Crippen LogP contribution in [0.4, 0.5) is 13.2 Å². The maximum absolute atomic E-state index is 12.9. The predicted octanol–water partition coefficient (Wildman–Crippen LogP) is 3.06. The van der Waals surface area contributed by atoms with Crippen molar-refractivity contribution < 1.29 is 18.0 Å². The Morgan fingerprint density at radius 2 is 1.96 bits per heavy atom. The van der Waals surface area contributed by atoms with Crippen LogP contribution in [0.1, 0.15) is 29.1 Å². The lowest BCUT2D eigenvalue weighted by molar-refractivity contribution is -0.142. The third kappa shape index (κ3) is 4.23. The molecule has 0 saturated heterocycles. The predicted molar refractivity (Wildman–Crippen MR) is 88.7 cm³/mol. The largest absolute Gasteiger partial charge is 0.436 e. The average molecular weight is 422 g/mol. The molecule has 0 saturated carbocycles. The van der Waals surface area contributed by atoms with Gasteiger partial charge in [-0.3, -0.25) is 14.2 Å². The van der Waals surface area contributed by atoms with Gasteiger partial charge in [0.2, 0.25) is 5.91 Å². The zero-order chi connectivity index (χ0) is 18.9. The number of carbonyl (C=O) groups excluding carboxylic acids is 1. The molecule has 2 rings (SSSR count). The SMILES string of the molecule is Cc1c(CN(C)C(=O)CCn2nc(C(F)(F)F)c(Br)c2C)cnn1C. The molecule has 0 aliphatic heterocycles. The number of amides is 1. The van der Waals surface area contributed by atoms with Gasteiger partial charge in [0.25, 0.3) is 0 Å². The van der Waals surface area contributed by atoms with E-state index in [0.29, 0.717) is 12.2 Å². The lowest BCUT2D eigenvalue weighted by atomic mass is 10.2. The van der Waals surface area contributed by atoms with Crippen molar-refractivity contribution in [2.75, 3.05) is 7.05 Å². The molecule has 0 aliphatic carbocycles. The number of halogens is 4. The van der Waals surface area contributed by atoms with Gasteiger partial charge in [-0.1, -0.05) is 0 Å². The molecule has 6 nitrogen and oxygen atoms in total. The molecule has 0 spiro atoms. The van der Waals surface area contributed by atoms with Crippen molar-refractivity contribution in [3.8, 4) is 0 Å². The molecule has 1 amide bonds. The second-order valence-electron chi connectivity index (χ2n) is 5.85. The van der Waals surface area contributed by atoms with E-state index in [1.807, 2.05) is 14.0 Å². The van der Waals surface area contributed by atoms with Crippen LogP contribution in [-0.4, -0.2) is 37.4 Å². The highest BCUT2D eigenvalue weighted by molar-refractivity contribution is 9.10. The van der Waals surface area contributed by atoms with E-state index in [1.54, 1.807) is 17.9 Å². The van der Waals surface area contributed by atoms with Gasteiger partial charge in [0.15, 0.2) is 5.69 Å². The van der Waals surface area contributed by atoms with Crippen LogP contribution in [0.2, 0.25) is 0 Å². The van der Waals surface area contributed by atoms with Gasteiger partial charge in [0.05, 0.1) is 22.9 Å². The fourth-order valence-corrected chi connectivity index (χ4v) is 2.87. The fraction of sp³-hybridized carbons (Fsp3) is 0.533. The lowest BCUT2D eigenvalue weighted by Gasteiger charge is -2.17. The van der Waals surface area contributed by atoms with Crippen LogP contribution in [0.5, 0.6) is 0 Å². The third-order valence-electron chi connectivity index (χ3n) is 4.11. The van der Waals surface area contributed by atoms with Gasteiger partial charge in [-0.05, 0) is 29.8 Å². The van der Waals surface area contributed by atoms with Gasteiger partial charge in [-0.15, -0.1) is 0 Å². The Balaban J connectivity index is 2.01. The van der Waals surface area contributed by atoms with E-state index >= 15 is 0 Å². The standard InChI is InChI=1S/C15H19BrF3N5O/c1-9-11(7-20-23(9)4)8-22(3)12(25)5-6-24-10(2)13(16)14(21-24)15(17,18)19/h7H,5-6,8H2,1-4H3. The molecule has 138 valence electrons. The lowest BCUT2D eigenvalue weighted by Crippen LogP contribution is -2.27. The first kappa shape index (κ1) is 19.5. The van der Waals surface area contributed by atoms with E-state index in [0.717, 1.165) is 11.3 Å². The fourth-order valence-electron chi connectivity index (χ4n) is 2.36. The van der Waals surface area contributed by atoms with Crippen LogP contribution in [0, 0.1) is 13.8 Å². The van der Waals surface area contributed by atoms with Gasteiger partial charge in [-0.25, -0.2) is 0 Å². The van der Waals surface area contributed by atoms with Crippen molar-refractivity contribution in [1.82, 2.24) is 24.5 Å². The number of hydrogen-bond acceptors (Lipinski definition) is 3. The van der Waals surface area contributed by atoms with Crippen molar-refractivity contribution in [1.29, 1.82) is 0 Å². The summed E-state index contributed by atoms with van der Waals surface area (Å²) in [6.45, 7) is 3.91. The molecule has 10 heteroatoms. The molecule has 0 unspecified atom stereocenters. The topological polar surface area (TPSA) is 56.0 Å². The quantitative estimate of drug-likeness (QED) is 0.745. The number of aryl methyl sites for hydroxylation is 2. The van der Waals surface area contributed by atoms with E-state index in [-0.39, 0.29) is 23.3 Å². The van der Waals surface area contributed by atoms with Gasteiger partial charge in [0, 0.05) is 38.3 Å².